The molecule has 1 aliphatic rings. The van der Waals surface area contributed by atoms with Crippen LogP contribution in [0.4, 0.5) is 0 Å². The van der Waals surface area contributed by atoms with Crippen molar-refractivity contribution in [1.29, 1.82) is 0 Å². The van der Waals surface area contributed by atoms with Crippen LogP contribution in [0.2, 0.25) is 0 Å². The summed E-state index contributed by atoms with van der Waals surface area (Å²) >= 11 is 0. The third kappa shape index (κ3) is 4.18. The van der Waals surface area contributed by atoms with Crippen molar-refractivity contribution >= 4 is 5.91 Å². The number of nitrogens with zero attached hydrogens (tertiary/aromatic N) is 1. The predicted octanol–water partition coefficient (Wildman–Crippen LogP) is 0.359. The number of hydrogen-bond donors (Lipinski definition) is 2. The number of nitrogens with two attached hydrogens (primary N) is 1. The largest absolute Gasteiger partial charge is 0.350 e. The topological polar surface area (TPSA) is 107 Å². The lowest BCUT2D eigenvalue weighted by Gasteiger charge is -2.32. The second kappa shape index (κ2) is 5.31. The molecular weight excluding hydrogens is 226 g/mol. The van der Waals surface area contributed by atoms with Crippen molar-refractivity contribution in [2.45, 2.75) is 57.2 Å². The number of carbonyl (C=O) groups is 1. The molecule has 3 N–H and O–H groups in total. The summed E-state index contributed by atoms with van der Waals surface area (Å²) in [5, 5.41) is 12.3. The number of rotatable bonds is 4. The summed E-state index contributed by atoms with van der Waals surface area (Å²) < 4.78 is 0. The first-order valence-corrected chi connectivity index (χ1v) is 5.71. The van der Waals surface area contributed by atoms with Crippen molar-refractivity contribution in [3.8, 4) is 0 Å². The number of carbonyl (C=O) groups excluding carboxylic acids is 1. The van der Waals surface area contributed by atoms with Crippen LogP contribution in [0.25, 0.3) is 0 Å². The summed E-state index contributed by atoms with van der Waals surface area (Å²) in [5.74, 6) is -0.318. The van der Waals surface area contributed by atoms with Gasteiger partial charge in [0.2, 0.25) is 5.91 Å². The SMILES string of the molecule is CC(C)(N)C(=O)N[C@@H]1CCCC[C@H]1O[N+](=O)[O-]. The first kappa shape index (κ1) is 13.7. The zero-order valence-electron chi connectivity index (χ0n) is 10.1. The van der Waals surface area contributed by atoms with E-state index >= 15 is 0 Å². The van der Waals surface area contributed by atoms with Gasteiger partial charge in [-0.05, 0) is 26.7 Å². The molecule has 0 aliphatic heterocycles. The summed E-state index contributed by atoms with van der Waals surface area (Å²) in [7, 11) is 0. The van der Waals surface area contributed by atoms with Gasteiger partial charge in [0.25, 0.3) is 5.09 Å². The van der Waals surface area contributed by atoms with Gasteiger partial charge in [-0.2, -0.15) is 0 Å². The second-order valence-electron chi connectivity index (χ2n) is 4.95. The van der Waals surface area contributed by atoms with Gasteiger partial charge in [0.15, 0.2) is 0 Å². The Hall–Kier alpha value is -1.37. The molecule has 17 heavy (non-hydrogen) atoms. The molecule has 98 valence electrons. The molecule has 1 aliphatic carbocycles. The Morgan fingerprint density at radius 2 is 2.06 bits per heavy atom. The second-order valence-corrected chi connectivity index (χ2v) is 4.95. The number of amides is 1. The molecule has 7 heteroatoms. The van der Waals surface area contributed by atoms with Gasteiger partial charge in [-0.3, -0.25) is 4.79 Å². The van der Waals surface area contributed by atoms with Crippen LogP contribution in [0.1, 0.15) is 39.5 Å². The molecule has 0 unspecified atom stereocenters. The van der Waals surface area contributed by atoms with E-state index in [4.69, 9.17) is 5.73 Å². The minimum absolute atomic E-state index is 0.318. The minimum Gasteiger partial charge on any atom is -0.350 e. The van der Waals surface area contributed by atoms with E-state index in [0.717, 1.165) is 12.8 Å². The lowest BCUT2D eigenvalue weighted by molar-refractivity contribution is -0.770. The first-order chi connectivity index (χ1) is 7.80. The van der Waals surface area contributed by atoms with E-state index in [-0.39, 0.29) is 11.9 Å². The van der Waals surface area contributed by atoms with Gasteiger partial charge >= 0.3 is 0 Å². The Labute approximate surface area is 99.8 Å². The molecule has 0 bridgehead atoms. The smallest absolute Gasteiger partial charge is 0.294 e. The van der Waals surface area contributed by atoms with Gasteiger partial charge < -0.3 is 15.9 Å². The van der Waals surface area contributed by atoms with Crippen LogP contribution >= 0.6 is 0 Å². The molecule has 0 aromatic rings. The van der Waals surface area contributed by atoms with E-state index in [0.29, 0.717) is 12.8 Å². The van der Waals surface area contributed by atoms with E-state index in [9.17, 15) is 14.9 Å². The summed E-state index contributed by atoms with van der Waals surface area (Å²) in [4.78, 5) is 26.6. The first-order valence-electron chi connectivity index (χ1n) is 5.71. The highest BCUT2D eigenvalue weighted by atomic mass is 17.0. The van der Waals surface area contributed by atoms with E-state index in [2.05, 4.69) is 10.2 Å². The fourth-order valence-electron chi connectivity index (χ4n) is 1.85. The van der Waals surface area contributed by atoms with Gasteiger partial charge in [-0.25, -0.2) is 0 Å². The summed E-state index contributed by atoms with van der Waals surface area (Å²) in [6, 6.07) is -0.329. The maximum atomic E-state index is 11.7. The molecule has 0 saturated heterocycles. The third-order valence-corrected chi connectivity index (χ3v) is 2.83. The Kier molecular flexibility index (Phi) is 4.28. The average molecular weight is 245 g/mol. The molecule has 0 spiro atoms. The van der Waals surface area contributed by atoms with Crippen LogP contribution in [0.3, 0.4) is 0 Å². The van der Waals surface area contributed by atoms with Crippen LogP contribution in [-0.4, -0.2) is 28.7 Å². The molecule has 0 heterocycles. The van der Waals surface area contributed by atoms with Crippen LogP contribution in [0.5, 0.6) is 0 Å². The summed E-state index contributed by atoms with van der Waals surface area (Å²) in [6.45, 7) is 3.18. The minimum atomic E-state index is -0.989. The van der Waals surface area contributed by atoms with E-state index in [1.807, 2.05) is 0 Å². The van der Waals surface area contributed by atoms with Gasteiger partial charge in [0.05, 0.1) is 11.6 Å². The van der Waals surface area contributed by atoms with Crippen molar-refractivity contribution in [1.82, 2.24) is 5.32 Å². The molecule has 1 rings (SSSR count). The molecule has 0 aromatic heterocycles. The lowest BCUT2D eigenvalue weighted by Crippen LogP contribution is -2.56. The van der Waals surface area contributed by atoms with Gasteiger partial charge in [0.1, 0.15) is 6.10 Å². The molecule has 1 amide bonds. The van der Waals surface area contributed by atoms with Crippen LogP contribution < -0.4 is 11.1 Å². The van der Waals surface area contributed by atoms with Gasteiger partial charge in [-0.1, -0.05) is 12.8 Å². The van der Waals surface area contributed by atoms with Crippen molar-refractivity contribution in [3.63, 3.8) is 0 Å². The maximum Gasteiger partial charge on any atom is 0.294 e. The van der Waals surface area contributed by atoms with Crippen molar-refractivity contribution in [3.05, 3.63) is 10.1 Å². The van der Waals surface area contributed by atoms with Crippen molar-refractivity contribution < 1.29 is 14.7 Å². The highest BCUT2D eigenvalue weighted by molar-refractivity contribution is 5.85. The Morgan fingerprint density at radius 3 is 2.59 bits per heavy atom. The normalized spacial score (nSPS) is 25.1. The lowest BCUT2D eigenvalue weighted by atomic mass is 9.91. The standard InChI is InChI=1S/C10H19N3O4/c1-10(2,11)9(14)12-7-5-3-4-6-8(7)17-13(15)16/h7-8H,3-6,11H2,1-2H3,(H,12,14)/t7-,8-/m1/s1. The molecule has 0 radical (unpaired) electrons. The van der Waals surface area contributed by atoms with E-state index in [1.54, 1.807) is 13.8 Å². The van der Waals surface area contributed by atoms with Gasteiger partial charge in [0, 0.05) is 0 Å². The van der Waals surface area contributed by atoms with E-state index in [1.165, 1.54) is 0 Å². The quantitative estimate of drug-likeness (QED) is 0.549. The Morgan fingerprint density at radius 1 is 1.47 bits per heavy atom. The van der Waals surface area contributed by atoms with Crippen LogP contribution in [-0.2, 0) is 9.63 Å². The fraction of sp³-hybridized carbons (Fsp3) is 0.900. The zero-order chi connectivity index (χ0) is 13.1. The molecular formula is C10H19N3O4. The molecule has 2 atom stereocenters. The highest BCUT2D eigenvalue weighted by Gasteiger charge is 2.32. The molecule has 7 nitrogen and oxygen atoms in total. The van der Waals surface area contributed by atoms with E-state index < -0.39 is 16.7 Å². The highest BCUT2D eigenvalue weighted by Crippen LogP contribution is 2.21. The molecule has 0 aromatic carbocycles. The fourth-order valence-corrected chi connectivity index (χ4v) is 1.85. The average Bonchev–Trinajstić information content (AvgIpc) is 2.18. The molecule has 1 fully saturated rings. The monoisotopic (exact) mass is 245 g/mol. The third-order valence-electron chi connectivity index (χ3n) is 2.83. The summed E-state index contributed by atoms with van der Waals surface area (Å²) in [5.41, 5.74) is 4.67. The molecule has 1 saturated carbocycles. The number of nitrogens with one attached hydrogen (secondary N) is 1. The maximum absolute atomic E-state index is 11.7. The van der Waals surface area contributed by atoms with Crippen molar-refractivity contribution in [2.24, 2.45) is 5.73 Å². The predicted molar refractivity (Wildman–Crippen MR) is 60.5 cm³/mol. The summed E-state index contributed by atoms with van der Waals surface area (Å²) in [6.07, 6.45) is 2.49. The Balaban J connectivity index is 2.59. The number of hydrogen-bond acceptors (Lipinski definition) is 5. The Bertz CT molecular complexity index is 300. The van der Waals surface area contributed by atoms with Crippen molar-refractivity contribution in [2.75, 3.05) is 0 Å². The van der Waals surface area contributed by atoms with Gasteiger partial charge in [-0.15, -0.1) is 10.1 Å². The van der Waals surface area contributed by atoms with Crippen LogP contribution in [0, 0.1) is 10.1 Å². The zero-order valence-corrected chi connectivity index (χ0v) is 10.1. The van der Waals surface area contributed by atoms with Crippen LogP contribution in [0.15, 0.2) is 0 Å².